The Kier molecular flexibility index (Phi) is 5.69. The Morgan fingerprint density at radius 3 is 2.65 bits per heavy atom. The van der Waals surface area contributed by atoms with Gasteiger partial charge in [0.15, 0.2) is 0 Å². The van der Waals surface area contributed by atoms with Gasteiger partial charge in [-0.1, -0.05) is 35.9 Å². The maximum absolute atomic E-state index is 13.3. The second-order valence-electron chi connectivity index (χ2n) is 7.65. The third kappa shape index (κ3) is 4.01. The summed E-state index contributed by atoms with van der Waals surface area (Å²) in [5, 5.41) is 3.96. The maximum Gasteiger partial charge on any atom is 0.263 e. The Bertz CT molecular complexity index is 1390. The molecule has 0 unspecified atom stereocenters. The molecule has 4 rings (SSSR count). The molecule has 0 aliphatic carbocycles. The first-order valence-corrected chi connectivity index (χ1v) is 11.1. The van der Waals surface area contributed by atoms with Crippen molar-refractivity contribution < 1.29 is 4.79 Å². The molecule has 31 heavy (non-hydrogen) atoms. The molecule has 0 aliphatic heterocycles. The summed E-state index contributed by atoms with van der Waals surface area (Å²) in [6, 6.07) is 11.5. The van der Waals surface area contributed by atoms with Gasteiger partial charge in [-0.2, -0.15) is 0 Å². The summed E-state index contributed by atoms with van der Waals surface area (Å²) in [5.41, 5.74) is 5.43. The fraction of sp³-hybridized carbons (Fsp3) is 0.208. The first-order valence-electron chi connectivity index (χ1n) is 9.87. The molecule has 7 heteroatoms. The highest BCUT2D eigenvalue weighted by atomic mass is 35.5. The number of carbonyl (C=O) groups is 1. The lowest BCUT2D eigenvalue weighted by Gasteiger charge is -2.11. The number of hydrogen-bond acceptors (Lipinski definition) is 4. The number of nitrogens with zero attached hydrogens (tertiary/aromatic N) is 2. The summed E-state index contributed by atoms with van der Waals surface area (Å²) in [4.78, 5) is 32.1. The standard InChI is InChI=1S/C24H22ClN3O2S/c1-13-8-9-17(10-14(13)2)21-16(4)31-23-22(21)24(30)28(12-26-23)11-20(29)27-19-7-5-6-18(25)15(19)3/h5-10,12H,11H2,1-4H3,(H,27,29). The number of halogens is 1. The zero-order valence-corrected chi connectivity index (χ0v) is 19.3. The number of aryl methyl sites for hydroxylation is 3. The average molecular weight is 452 g/mol. The van der Waals surface area contributed by atoms with Gasteiger partial charge >= 0.3 is 0 Å². The Morgan fingerprint density at radius 2 is 1.90 bits per heavy atom. The van der Waals surface area contributed by atoms with Crippen LogP contribution >= 0.6 is 22.9 Å². The topological polar surface area (TPSA) is 64.0 Å². The van der Waals surface area contributed by atoms with E-state index >= 15 is 0 Å². The molecule has 1 amide bonds. The molecule has 5 nitrogen and oxygen atoms in total. The van der Waals surface area contributed by atoms with Crippen LogP contribution in [0, 0.1) is 27.7 Å². The van der Waals surface area contributed by atoms with E-state index in [9.17, 15) is 9.59 Å². The van der Waals surface area contributed by atoms with Gasteiger partial charge < -0.3 is 5.32 Å². The van der Waals surface area contributed by atoms with Gasteiger partial charge in [0.2, 0.25) is 5.91 Å². The highest BCUT2D eigenvalue weighted by molar-refractivity contribution is 7.19. The van der Waals surface area contributed by atoms with Crippen LogP contribution in [-0.4, -0.2) is 15.5 Å². The van der Waals surface area contributed by atoms with E-state index in [0.29, 0.717) is 20.9 Å². The summed E-state index contributed by atoms with van der Waals surface area (Å²) in [5.74, 6) is -0.312. The minimum absolute atomic E-state index is 0.130. The quantitative estimate of drug-likeness (QED) is 0.436. The van der Waals surface area contributed by atoms with Gasteiger partial charge in [-0.25, -0.2) is 4.98 Å². The molecule has 158 valence electrons. The number of carbonyl (C=O) groups excluding carboxylic acids is 1. The number of anilines is 1. The number of aromatic nitrogens is 2. The molecule has 4 aromatic rings. The van der Waals surface area contributed by atoms with Crippen LogP contribution in [0.3, 0.4) is 0 Å². The Balaban J connectivity index is 1.72. The Morgan fingerprint density at radius 1 is 1.13 bits per heavy atom. The van der Waals surface area contributed by atoms with E-state index in [1.807, 2.05) is 19.9 Å². The lowest BCUT2D eigenvalue weighted by Crippen LogP contribution is -2.28. The fourth-order valence-corrected chi connectivity index (χ4v) is 4.76. The molecule has 0 fully saturated rings. The number of benzene rings is 2. The monoisotopic (exact) mass is 451 g/mol. The number of thiophene rings is 1. The molecule has 2 heterocycles. The summed E-state index contributed by atoms with van der Waals surface area (Å²) >= 11 is 7.62. The van der Waals surface area contributed by atoms with Crippen molar-refractivity contribution in [3.05, 3.63) is 79.7 Å². The molecule has 2 aromatic heterocycles. The molecule has 0 atom stereocenters. The van der Waals surface area contributed by atoms with E-state index in [-0.39, 0.29) is 18.0 Å². The smallest absolute Gasteiger partial charge is 0.263 e. The third-order valence-electron chi connectivity index (χ3n) is 5.51. The second-order valence-corrected chi connectivity index (χ2v) is 9.26. The highest BCUT2D eigenvalue weighted by Crippen LogP contribution is 2.36. The summed E-state index contributed by atoms with van der Waals surface area (Å²) in [7, 11) is 0. The predicted molar refractivity (Wildman–Crippen MR) is 128 cm³/mol. The van der Waals surface area contributed by atoms with Crippen LogP contribution in [0.5, 0.6) is 0 Å². The number of amides is 1. The van der Waals surface area contributed by atoms with Gasteiger partial charge in [0, 0.05) is 21.2 Å². The van der Waals surface area contributed by atoms with E-state index in [2.05, 4.69) is 36.3 Å². The van der Waals surface area contributed by atoms with Crippen molar-refractivity contribution >= 4 is 44.7 Å². The summed E-state index contributed by atoms with van der Waals surface area (Å²) in [6.07, 6.45) is 1.44. The number of hydrogen-bond donors (Lipinski definition) is 1. The molecule has 0 bridgehead atoms. The summed E-state index contributed by atoms with van der Waals surface area (Å²) < 4.78 is 1.36. The Hall–Kier alpha value is -2.96. The minimum Gasteiger partial charge on any atom is -0.324 e. The lowest BCUT2D eigenvalue weighted by atomic mass is 9.99. The van der Waals surface area contributed by atoms with Crippen LogP contribution in [0.1, 0.15) is 21.6 Å². The van der Waals surface area contributed by atoms with E-state index in [1.165, 1.54) is 27.8 Å². The van der Waals surface area contributed by atoms with Crippen molar-refractivity contribution in [2.45, 2.75) is 34.2 Å². The third-order valence-corrected chi connectivity index (χ3v) is 6.93. The van der Waals surface area contributed by atoms with Crippen molar-refractivity contribution in [3.63, 3.8) is 0 Å². The molecule has 0 aliphatic rings. The van der Waals surface area contributed by atoms with Crippen LogP contribution in [0.25, 0.3) is 21.3 Å². The van der Waals surface area contributed by atoms with Crippen LogP contribution in [0.2, 0.25) is 5.02 Å². The van der Waals surface area contributed by atoms with Gasteiger partial charge in [-0.05, 0) is 62.1 Å². The van der Waals surface area contributed by atoms with Gasteiger partial charge in [-0.15, -0.1) is 11.3 Å². The molecule has 0 spiro atoms. The molecule has 0 saturated carbocycles. The molecule has 0 saturated heterocycles. The zero-order valence-electron chi connectivity index (χ0n) is 17.7. The van der Waals surface area contributed by atoms with Gasteiger partial charge in [0.05, 0.1) is 11.7 Å². The Labute approximate surface area is 189 Å². The molecular weight excluding hydrogens is 430 g/mol. The first-order chi connectivity index (χ1) is 14.8. The van der Waals surface area contributed by atoms with E-state index in [4.69, 9.17) is 11.6 Å². The van der Waals surface area contributed by atoms with Crippen LogP contribution in [0.4, 0.5) is 5.69 Å². The molecule has 1 N–H and O–H groups in total. The zero-order chi connectivity index (χ0) is 22.3. The molecule has 0 radical (unpaired) electrons. The SMILES string of the molecule is Cc1ccc(-c2c(C)sc3ncn(CC(=O)Nc4cccc(Cl)c4C)c(=O)c23)cc1C. The number of nitrogens with one attached hydrogen (secondary N) is 1. The summed E-state index contributed by atoms with van der Waals surface area (Å²) in [6.45, 7) is 7.82. The second kappa shape index (κ2) is 8.29. The van der Waals surface area contributed by atoms with Gasteiger partial charge in [-0.3, -0.25) is 14.2 Å². The molecule has 2 aromatic carbocycles. The maximum atomic E-state index is 13.3. The van der Waals surface area contributed by atoms with Crippen molar-refractivity contribution in [1.29, 1.82) is 0 Å². The van der Waals surface area contributed by atoms with E-state index < -0.39 is 0 Å². The van der Waals surface area contributed by atoms with Crippen molar-refractivity contribution in [1.82, 2.24) is 9.55 Å². The van der Waals surface area contributed by atoms with Crippen LogP contribution in [0.15, 0.2) is 47.5 Å². The van der Waals surface area contributed by atoms with Crippen LogP contribution in [-0.2, 0) is 11.3 Å². The van der Waals surface area contributed by atoms with E-state index in [0.717, 1.165) is 27.1 Å². The van der Waals surface area contributed by atoms with Crippen molar-refractivity contribution in [2.24, 2.45) is 0 Å². The highest BCUT2D eigenvalue weighted by Gasteiger charge is 2.18. The minimum atomic E-state index is -0.312. The van der Waals surface area contributed by atoms with Gasteiger partial charge in [0.25, 0.3) is 5.56 Å². The van der Waals surface area contributed by atoms with E-state index in [1.54, 1.807) is 18.2 Å². The van der Waals surface area contributed by atoms with Crippen molar-refractivity contribution in [3.8, 4) is 11.1 Å². The lowest BCUT2D eigenvalue weighted by molar-refractivity contribution is -0.116. The fourth-order valence-electron chi connectivity index (χ4n) is 3.58. The predicted octanol–water partition coefficient (Wildman–Crippen LogP) is 5.65. The largest absolute Gasteiger partial charge is 0.324 e. The number of rotatable bonds is 4. The normalized spacial score (nSPS) is 11.1. The first kappa shape index (κ1) is 21.3. The van der Waals surface area contributed by atoms with Crippen LogP contribution < -0.4 is 10.9 Å². The average Bonchev–Trinajstić information content (AvgIpc) is 3.06. The molecular formula is C24H22ClN3O2S. The number of fused-ring (bicyclic) bond motifs is 1. The van der Waals surface area contributed by atoms with Gasteiger partial charge in [0.1, 0.15) is 11.4 Å². The van der Waals surface area contributed by atoms with Crippen molar-refractivity contribution in [2.75, 3.05) is 5.32 Å².